The van der Waals surface area contributed by atoms with E-state index in [1.807, 2.05) is 24.3 Å². The third kappa shape index (κ3) is 3.24. The maximum Gasteiger partial charge on any atom is 0.238 e. The Morgan fingerprint density at radius 3 is 2.87 bits per heavy atom. The van der Waals surface area contributed by atoms with Gasteiger partial charge in [0.25, 0.3) is 0 Å². The molecule has 1 aromatic carbocycles. The predicted molar refractivity (Wildman–Crippen MR) is 83.4 cm³/mol. The zero-order chi connectivity index (χ0) is 16.4. The zero-order valence-electron chi connectivity index (χ0n) is 13.0. The summed E-state index contributed by atoms with van der Waals surface area (Å²) in [4.78, 5) is 4.45. The minimum Gasteiger partial charge on any atom is -0.496 e. The van der Waals surface area contributed by atoms with Gasteiger partial charge in [-0.1, -0.05) is 12.1 Å². The summed E-state index contributed by atoms with van der Waals surface area (Å²) in [6.45, 7) is 2.65. The molecular weight excluding hydrogens is 320 g/mol. The summed E-state index contributed by atoms with van der Waals surface area (Å²) in [6.07, 6.45) is 0. The molecule has 124 valence electrons. The molecule has 0 amide bonds. The van der Waals surface area contributed by atoms with Gasteiger partial charge >= 0.3 is 0 Å². The quantitative estimate of drug-likeness (QED) is 0.845. The van der Waals surface area contributed by atoms with Crippen LogP contribution in [0.3, 0.4) is 0 Å². The first-order valence-electron chi connectivity index (χ1n) is 7.16. The zero-order valence-corrected chi connectivity index (χ0v) is 13.8. The van der Waals surface area contributed by atoms with Crippen LogP contribution in [0.15, 0.2) is 28.7 Å². The van der Waals surface area contributed by atoms with Crippen molar-refractivity contribution in [3.63, 3.8) is 0 Å². The number of methoxy groups -OCH3 is 1. The molecule has 23 heavy (non-hydrogen) atoms. The molecule has 2 aromatic rings. The first-order valence-corrected chi connectivity index (χ1v) is 8.77. The number of aryl methyl sites for hydroxylation is 1. The van der Waals surface area contributed by atoms with E-state index in [0.717, 1.165) is 5.56 Å². The van der Waals surface area contributed by atoms with Gasteiger partial charge in [-0.25, -0.2) is 13.4 Å². The number of para-hydroxylation sites is 1. The summed E-state index contributed by atoms with van der Waals surface area (Å²) in [6, 6.07) is 7.39. The summed E-state index contributed by atoms with van der Waals surface area (Å²) < 4.78 is 41.4. The van der Waals surface area contributed by atoms with E-state index in [2.05, 4.69) is 4.98 Å². The molecule has 1 aromatic heterocycles. The van der Waals surface area contributed by atoms with Crippen LogP contribution in [0, 0.1) is 6.92 Å². The number of benzene rings is 1. The van der Waals surface area contributed by atoms with Crippen molar-refractivity contribution in [2.45, 2.75) is 13.5 Å². The summed E-state index contributed by atoms with van der Waals surface area (Å²) in [5.41, 5.74) is 1.32. The molecule has 1 aliphatic heterocycles. The van der Waals surface area contributed by atoms with Crippen LogP contribution < -0.4 is 4.74 Å². The number of hydrogen-bond acceptors (Lipinski definition) is 6. The first-order chi connectivity index (χ1) is 11.0. The van der Waals surface area contributed by atoms with Crippen molar-refractivity contribution in [1.82, 2.24) is 9.29 Å². The number of aromatic nitrogens is 1. The van der Waals surface area contributed by atoms with Crippen LogP contribution >= 0.6 is 0 Å². The van der Waals surface area contributed by atoms with Crippen molar-refractivity contribution < 1.29 is 22.3 Å². The molecule has 0 radical (unpaired) electrons. The molecule has 1 fully saturated rings. The van der Waals surface area contributed by atoms with Gasteiger partial charge in [0, 0.05) is 6.54 Å². The molecule has 0 spiro atoms. The van der Waals surface area contributed by atoms with Gasteiger partial charge in [0.1, 0.15) is 11.5 Å². The topological polar surface area (TPSA) is 81.9 Å². The molecule has 1 aliphatic rings. The van der Waals surface area contributed by atoms with Crippen LogP contribution in [0.25, 0.3) is 11.5 Å². The predicted octanol–water partition coefficient (Wildman–Crippen LogP) is 1.78. The van der Waals surface area contributed by atoms with Gasteiger partial charge in [0.2, 0.25) is 15.9 Å². The van der Waals surface area contributed by atoms with E-state index >= 15 is 0 Å². The average molecular weight is 338 g/mol. The number of hydrogen-bond donors (Lipinski definition) is 0. The SMILES string of the molecule is COc1ccccc1-c1nc(CN2CCOCS2(=O)=O)c(C)o1. The highest BCUT2D eigenvalue weighted by atomic mass is 32.2. The van der Waals surface area contributed by atoms with Crippen molar-refractivity contribution in [3.8, 4) is 17.2 Å². The van der Waals surface area contributed by atoms with Crippen LogP contribution in [0.5, 0.6) is 5.75 Å². The molecule has 0 unspecified atom stereocenters. The first kappa shape index (κ1) is 16.0. The van der Waals surface area contributed by atoms with E-state index in [1.165, 1.54) is 4.31 Å². The minimum atomic E-state index is -3.40. The van der Waals surface area contributed by atoms with Crippen LogP contribution in [0.4, 0.5) is 0 Å². The molecule has 7 nitrogen and oxygen atoms in total. The molecule has 0 aliphatic carbocycles. The van der Waals surface area contributed by atoms with Crippen LogP contribution in [-0.4, -0.2) is 43.9 Å². The summed E-state index contributed by atoms with van der Waals surface area (Å²) in [5, 5.41) is 0. The van der Waals surface area contributed by atoms with E-state index in [4.69, 9.17) is 13.9 Å². The third-order valence-electron chi connectivity index (χ3n) is 3.67. The Hall–Kier alpha value is -1.90. The summed E-state index contributed by atoms with van der Waals surface area (Å²) in [5.74, 6) is 1.37. The normalized spacial score (nSPS) is 18.0. The van der Waals surface area contributed by atoms with Gasteiger partial charge in [0.05, 0.1) is 31.5 Å². The monoisotopic (exact) mass is 338 g/mol. The lowest BCUT2D eigenvalue weighted by molar-refractivity contribution is 0.130. The van der Waals surface area contributed by atoms with Gasteiger partial charge in [-0.05, 0) is 19.1 Å². The highest BCUT2D eigenvalue weighted by molar-refractivity contribution is 7.88. The maximum atomic E-state index is 12.0. The number of rotatable bonds is 4. The lowest BCUT2D eigenvalue weighted by atomic mass is 10.2. The Labute approximate surface area is 134 Å². The van der Waals surface area contributed by atoms with E-state index in [1.54, 1.807) is 14.0 Å². The molecule has 0 N–H and O–H groups in total. The molecule has 0 atom stereocenters. The standard InChI is InChI=1S/C15H18N2O5S/c1-11-13(9-17-7-8-21-10-23(17,18)19)16-15(22-11)12-5-3-4-6-14(12)20-2/h3-6H,7-10H2,1-2H3. The summed E-state index contributed by atoms with van der Waals surface area (Å²) >= 11 is 0. The van der Waals surface area contributed by atoms with Gasteiger partial charge in [-0.2, -0.15) is 4.31 Å². The van der Waals surface area contributed by atoms with E-state index in [0.29, 0.717) is 36.2 Å². The Balaban J connectivity index is 1.89. The number of nitrogens with zero attached hydrogens (tertiary/aromatic N) is 2. The second-order valence-corrected chi connectivity index (χ2v) is 7.11. The number of oxazole rings is 1. The number of sulfonamides is 1. The van der Waals surface area contributed by atoms with E-state index in [-0.39, 0.29) is 12.5 Å². The Bertz CT molecular complexity index is 800. The third-order valence-corrected chi connectivity index (χ3v) is 5.23. The molecule has 0 saturated carbocycles. The fraction of sp³-hybridized carbons (Fsp3) is 0.400. The van der Waals surface area contributed by atoms with Crippen molar-refractivity contribution >= 4 is 10.0 Å². The molecule has 8 heteroatoms. The van der Waals surface area contributed by atoms with Crippen LogP contribution in [-0.2, 0) is 21.3 Å². The highest BCUT2D eigenvalue weighted by Gasteiger charge is 2.28. The van der Waals surface area contributed by atoms with Crippen LogP contribution in [0.1, 0.15) is 11.5 Å². The molecular formula is C15H18N2O5S. The Kier molecular flexibility index (Phi) is 4.38. The Morgan fingerprint density at radius 2 is 2.13 bits per heavy atom. The second kappa shape index (κ2) is 6.31. The molecule has 1 saturated heterocycles. The van der Waals surface area contributed by atoms with Crippen molar-refractivity contribution in [2.75, 3.05) is 26.2 Å². The minimum absolute atomic E-state index is 0.177. The number of ether oxygens (including phenoxy) is 2. The van der Waals surface area contributed by atoms with Crippen molar-refractivity contribution in [1.29, 1.82) is 0 Å². The fourth-order valence-electron chi connectivity index (χ4n) is 2.40. The van der Waals surface area contributed by atoms with Gasteiger partial charge < -0.3 is 13.9 Å². The van der Waals surface area contributed by atoms with Crippen molar-refractivity contribution in [2.24, 2.45) is 0 Å². The largest absolute Gasteiger partial charge is 0.496 e. The lowest BCUT2D eigenvalue weighted by Gasteiger charge is -2.25. The molecule has 3 rings (SSSR count). The Morgan fingerprint density at radius 1 is 1.35 bits per heavy atom. The van der Waals surface area contributed by atoms with Gasteiger partial charge in [0.15, 0.2) is 5.94 Å². The lowest BCUT2D eigenvalue weighted by Crippen LogP contribution is -2.40. The van der Waals surface area contributed by atoms with E-state index in [9.17, 15) is 8.42 Å². The molecule has 2 heterocycles. The van der Waals surface area contributed by atoms with E-state index < -0.39 is 10.0 Å². The smallest absolute Gasteiger partial charge is 0.238 e. The van der Waals surface area contributed by atoms with Crippen molar-refractivity contribution in [3.05, 3.63) is 35.7 Å². The maximum absolute atomic E-state index is 12.0. The van der Waals surface area contributed by atoms with Crippen LogP contribution in [0.2, 0.25) is 0 Å². The average Bonchev–Trinajstić information content (AvgIpc) is 2.90. The summed E-state index contributed by atoms with van der Waals surface area (Å²) in [7, 11) is -1.82. The van der Waals surface area contributed by atoms with Gasteiger partial charge in [-0.3, -0.25) is 0 Å². The second-order valence-electron chi connectivity index (χ2n) is 5.19. The molecule has 0 bridgehead atoms. The highest BCUT2D eigenvalue weighted by Crippen LogP contribution is 2.30. The fourth-order valence-corrected chi connectivity index (χ4v) is 3.55. The van der Waals surface area contributed by atoms with Gasteiger partial charge in [-0.15, -0.1) is 0 Å².